The zero-order valence-corrected chi connectivity index (χ0v) is 48.9. The fourth-order valence-corrected chi connectivity index (χ4v) is 15.8. The van der Waals surface area contributed by atoms with Crippen LogP contribution in [0.25, 0.3) is 181 Å². The molecule has 0 fully saturated rings. The predicted molar refractivity (Wildman–Crippen MR) is 379 cm³/mol. The highest BCUT2D eigenvalue weighted by Crippen LogP contribution is 2.54. The van der Waals surface area contributed by atoms with Gasteiger partial charge in [-0.2, -0.15) is 5.26 Å². The van der Waals surface area contributed by atoms with Crippen LogP contribution in [0.3, 0.4) is 0 Å². The van der Waals surface area contributed by atoms with Crippen LogP contribution in [0.5, 0.6) is 0 Å². The first-order valence-electron chi connectivity index (χ1n) is 31.0. The second kappa shape index (κ2) is 18.8. The van der Waals surface area contributed by atoms with Gasteiger partial charge in [-0.25, -0.2) is 4.98 Å². The van der Waals surface area contributed by atoms with Gasteiger partial charge >= 0.3 is 0 Å². The number of nitrogens with zero attached hydrogens (tertiary/aromatic N) is 7. The number of aromatic nitrogens is 6. The van der Waals surface area contributed by atoms with Gasteiger partial charge in [0.1, 0.15) is 11.9 Å². The lowest BCUT2D eigenvalue weighted by Crippen LogP contribution is -2.18. The van der Waals surface area contributed by atoms with Crippen LogP contribution in [-0.2, 0) is 0 Å². The molecule has 420 valence electrons. The normalized spacial score (nSPS) is 12.2. The number of rotatable bonds is 6. The number of nitriles is 1. The first-order chi connectivity index (χ1) is 45.2. The Morgan fingerprint density at radius 2 is 0.549 bits per heavy atom. The molecule has 5 aromatic heterocycles. The number of imidazole rings is 1. The molecule has 0 N–H and O–H groups in total. The molecule has 5 heterocycles. The number of fused-ring (bicyclic) bond motifs is 21. The standard InChI is InChI=1S/C84H49N7/c85-50-68-75(84-86-69-36-16-21-41-74(69)87(84)55-26-2-1-3-27-55)81(89-71-38-18-13-33-61(71)65-47-43-52-23-5-9-29-57(52)77(65)89)83(91-73-40-20-15-35-63(73)67-49-45-54-25-7-11-31-59(54)79(67)91)82(90-72-39-19-14-34-62(72)66-48-44-53-24-6-10-30-58(53)78(66)90)80(68)88-70-37-17-12-32-60(70)64-46-42-51-22-4-8-28-56(51)76(64)88/h1-49H. The van der Waals surface area contributed by atoms with Crippen LogP contribution in [0.4, 0.5) is 0 Å². The SMILES string of the molecule is N#Cc1c(-c2nc3ccccc3n2-c2ccccc2)c(-n2c3ccccc3c3ccc4ccccc4c32)c(-n2c3ccccc3c3ccc4ccccc4c32)c(-n2c3ccccc3c3ccc4ccccc4c32)c1-n1c2ccccc2c2ccc3ccccc3c21. The molecule has 0 amide bonds. The summed E-state index contributed by atoms with van der Waals surface area (Å²) in [5, 5.41) is 31.1. The van der Waals surface area contributed by atoms with E-state index >= 15 is 0 Å². The topological polar surface area (TPSA) is 61.3 Å². The van der Waals surface area contributed by atoms with E-state index < -0.39 is 0 Å². The summed E-state index contributed by atoms with van der Waals surface area (Å²) in [5.74, 6) is 0.628. The summed E-state index contributed by atoms with van der Waals surface area (Å²) in [5.41, 5.74) is 15.1. The number of hydrogen-bond donors (Lipinski definition) is 0. The maximum atomic E-state index is 13.6. The second-order valence-corrected chi connectivity index (χ2v) is 24.0. The minimum atomic E-state index is 0.458. The molecular weight excluding hydrogens is 1110 g/mol. The van der Waals surface area contributed by atoms with Crippen molar-refractivity contribution in [3.8, 4) is 45.9 Å². The summed E-state index contributed by atoms with van der Waals surface area (Å²) < 4.78 is 12.4. The molecule has 0 aliphatic carbocycles. The summed E-state index contributed by atoms with van der Waals surface area (Å²) in [6.07, 6.45) is 0. The monoisotopic (exact) mass is 1160 g/mol. The fourth-order valence-electron chi connectivity index (χ4n) is 15.8. The molecule has 0 aliphatic rings. The van der Waals surface area contributed by atoms with Gasteiger partial charge in [0.05, 0.1) is 89.0 Å². The van der Waals surface area contributed by atoms with E-state index in [-0.39, 0.29) is 0 Å². The summed E-state index contributed by atoms with van der Waals surface area (Å²) in [7, 11) is 0. The zero-order valence-electron chi connectivity index (χ0n) is 48.9. The third-order valence-corrected chi connectivity index (χ3v) is 19.4. The molecule has 91 heavy (non-hydrogen) atoms. The van der Waals surface area contributed by atoms with Crippen LogP contribution in [0.15, 0.2) is 297 Å². The van der Waals surface area contributed by atoms with Crippen molar-refractivity contribution >= 4 is 141 Å². The molecule has 0 saturated carbocycles. The lowest BCUT2D eigenvalue weighted by atomic mass is 9.96. The van der Waals surface area contributed by atoms with Gasteiger partial charge in [0.15, 0.2) is 0 Å². The largest absolute Gasteiger partial charge is 0.306 e. The second-order valence-electron chi connectivity index (χ2n) is 24.0. The average Bonchev–Trinajstić information content (AvgIpc) is 1.59. The van der Waals surface area contributed by atoms with Gasteiger partial charge in [-0.15, -0.1) is 0 Å². The minimum Gasteiger partial charge on any atom is -0.306 e. The van der Waals surface area contributed by atoms with Gasteiger partial charge < -0.3 is 18.3 Å². The molecule has 20 aromatic rings. The molecule has 0 aliphatic heterocycles. The summed E-state index contributed by atoms with van der Waals surface area (Å²) in [6, 6.07) is 111. The van der Waals surface area contributed by atoms with Gasteiger partial charge in [-0.05, 0) is 70.1 Å². The first-order valence-corrected chi connectivity index (χ1v) is 31.0. The van der Waals surface area contributed by atoms with Crippen molar-refractivity contribution in [2.75, 3.05) is 0 Å². The Kier molecular flexibility index (Phi) is 10.2. The number of para-hydroxylation sites is 7. The Bertz CT molecular complexity index is 6600. The zero-order chi connectivity index (χ0) is 59.6. The Balaban J connectivity index is 1.20. The Morgan fingerprint density at radius 3 is 0.945 bits per heavy atom. The summed E-state index contributed by atoms with van der Waals surface area (Å²) >= 11 is 0. The predicted octanol–water partition coefficient (Wildman–Crippen LogP) is 21.6. The number of hydrogen-bond acceptors (Lipinski definition) is 2. The van der Waals surface area contributed by atoms with Crippen LogP contribution in [0.1, 0.15) is 5.56 Å². The average molecular weight is 1160 g/mol. The van der Waals surface area contributed by atoms with Crippen molar-refractivity contribution in [3.05, 3.63) is 303 Å². The Morgan fingerprint density at radius 1 is 0.242 bits per heavy atom. The highest BCUT2D eigenvalue weighted by molar-refractivity contribution is 6.25. The maximum absolute atomic E-state index is 13.6. The van der Waals surface area contributed by atoms with Gasteiger partial charge in [-0.1, -0.05) is 249 Å². The van der Waals surface area contributed by atoms with E-state index in [1.54, 1.807) is 0 Å². The number of benzene rings is 15. The molecular formula is C84H49N7. The van der Waals surface area contributed by atoms with Crippen LogP contribution in [0.2, 0.25) is 0 Å². The molecule has 20 rings (SSSR count). The molecule has 0 spiro atoms. The molecule has 0 bridgehead atoms. The highest BCUT2D eigenvalue weighted by atomic mass is 15.2. The van der Waals surface area contributed by atoms with E-state index in [9.17, 15) is 5.26 Å². The molecule has 0 saturated heterocycles. The van der Waals surface area contributed by atoms with Gasteiger partial charge in [0.25, 0.3) is 0 Å². The maximum Gasteiger partial charge on any atom is 0.149 e. The van der Waals surface area contributed by atoms with Crippen LogP contribution >= 0.6 is 0 Å². The van der Waals surface area contributed by atoms with E-state index in [0.717, 1.165) is 170 Å². The van der Waals surface area contributed by atoms with E-state index in [1.165, 1.54) is 0 Å². The fraction of sp³-hybridized carbons (Fsp3) is 0. The molecule has 15 aromatic carbocycles. The van der Waals surface area contributed by atoms with Crippen molar-refractivity contribution in [2.24, 2.45) is 0 Å². The van der Waals surface area contributed by atoms with Crippen LogP contribution in [-0.4, -0.2) is 27.8 Å². The third-order valence-electron chi connectivity index (χ3n) is 19.4. The Labute approximate surface area is 520 Å². The van der Waals surface area contributed by atoms with Crippen LogP contribution in [0, 0.1) is 11.3 Å². The van der Waals surface area contributed by atoms with Gasteiger partial charge in [0.2, 0.25) is 0 Å². The van der Waals surface area contributed by atoms with Crippen molar-refractivity contribution in [2.45, 2.75) is 0 Å². The van der Waals surface area contributed by atoms with E-state index in [2.05, 4.69) is 326 Å². The smallest absolute Gasteiger partial charge is 0.149 e. The van der Waals surface area contributed by atoms with Crippen molar-refractivity contribution in [3.63, 3.8) is 0 Å². The Hall–Kier alpha value is -12.5. The highest BCUT2D eigenvalue weighted by Gasteiger charge is 2.38. The van der Waals surface area contributed by atoms with Crippen molar-refractivity contribution in [1.82, 2.24) is 27.8 Å². The van der Waals surface area contributed by atoms with Gasteiger partial charge in [0, 0.05) is 70.3 Å². The molecule has 0 atom stereocenters. The summed E-state index contributed by atoms with van der Waals surface area (Å²) in [6.45, 7) is 0. The third kappa shape index (κ3) is 6.71. The molecule has 7 heteroatoms. The lowest BCUT2D eigenvalue weighted by molar-refractivity contribution is 1.01. The minimum absolute atomic E-state index is 0.458. The molecule has 0 unspecified atom stereocenters. The van der Waals surface area contributed by atoms with Crippen molar-refractivity contribution < 1.29 is 0 Å². The van der Waals surface area contributed by atoms with E-state index in [0.29, 0.717) is 17.0 Å². The quantitative estimate of drug-likeness (QED) is 0.167. The molecule has 0 radical (unpaired) electrons. The van der Waals surface area contributed by atoms with Gasteiger partial charge in [-0.3, -0.25) is 4.57 Å². The van der Waals surface area contributed by atoms with Crippen molar-refractivity contribution in [1.29, 1.82) is 5.26 Å². The first kappa shape index (κ1) is 49.6. The van der Waals surface area contributed by atoms with E-state index in [4.69, 9.17) is 4.98 Å². The molecule has 7 nitrogen and oxygen atoms in total. The summed E-state index contributed by atoms with van der Waals surface area (Å²) in [4.78, 5) is 5.96. The lowest BCUT2D eigenvalue weighted by Gasteiger charge is -2.30. The van der Waals surface area contributed by atoms with E-state index in [1.807, 2.05) is 0 Å². The van der Waals surface area contributed by atoms with Crippen LogP contribution < -0.4 is 0 Å².